The first kappa shape index (κ1) is 14.8. The summed E-state index contributed by atoms with van der Waals surface area (Å²) < 4.78 is 5.02. The van der Waals surface area contributed by atoms with Crippen LogP contribution in [0.1, 0.15) is 15.9 Å². The highest BCUT2D eigenvalue weighted by Gasteiger charge is 2.09. The van der Waals surface area contributed by atoms with Crippen LogP contribution in [0.5, 0.6) is 5.75 Å². The van der Waals surface area contributed by atoms with E-state index in [9.17, 15) is 9.59 Å². The second-order valence-electron chi connectivity index (χ2n) is 3.99. The molecule has 0 unspecified atom stereocenters. The van der Waals surface area contributed by atoms with Crippen LogP contribution in [0.15, 0.2) is 40.8 Å². The molecular weight excluding hydrogens is 294 g/mol. The fourth-order valence-electron chi connectivity index (χ4n) is 1.63. The van der Waals surface area contributed by atoms with Gasteiger partial charge in [0.25, 0.3) is 5.91 Å². The fraction of sp³-hybridized carbons (Fsp3) is 0.0714. The fourth-order valence-corrected chi connectivity index (χ4v) is 1.77. The molecule has 0 saturated carbocycles. The van der Waals surface area contributed by atoms with Gasteiger partial charge in [-0.3, -0.25) is 9.78 Å². The first-order valence-electron chi connectivity index (χ1n) is 5.95. The van der Waals surface area contributed by atoms with Crippen molar-refractivity contribution < 1.29 is 9.53 Å². The van der Waals surface area contributed by atoms with E-state index in [1.807, 2.05) is 0 Å². The maximum atomic E-state index is 12.1. The van der Waals surface area contributed by atoms with Gasteiger partial charge in [0.15, 0.2) is 0 Å². The number of hydrogen-bond acceptors (Lipinski definition) is 4. The van der Waals surface area contributed by atoms with Crippen LogP contribution >= 0.6 is 11.6 Å². The largest absolute Gasteiger partial charge is 0.497 e. The van der Waals surface area contributed by atoms with Gasteiger partial charge in [-0.25, -0.2) is 9.78 Å². The number of methoxy groups -OCH3 is 1. The summed E-state index contributed by atoms with van der Waals surface area (Å²) in [4.78, 5) is 29.4. The molecule has 0 aliphatic carbocycles. The number of amides is 1. The molecule has 21 heavy (non-hydrogen) atoms. The van der Waals surface area contributed by atoms with Gasteiger partial charge >= 0.3 is 5.69 Å². The van der Waals surface area contributed by atoms with Gasteiger partial charge in [-0.2, -0.15) is 0 Å². The van der Waals surface area contributed by atoms with Crippen molar-refractivity contribution in [2.75, 3.05) is 12.4 Å². The number of H-pyrrole nitrogens is 1. The molecule has 0 radical (unpaired) electrons. The van der Waals surface area contributed by atoms with Gasteiger partial charge in [0.05, 0.1) is 7.11 Å². The van der Waals surface area contributed by atoms with E-state index in [4.69, 9.17) is 16.3 Å². The number of aromatic nitrogens is 2. The van der Waals surface area contributed by atoms with Crippen molar-refractivity contribution in [3.63, 3.8) is 0 Å². The third-order valence-electron chi connectivity index (χ3n) is 2.67. The number of carbonyl (C=O) groups is 1. The zero-order chi connectivity index (χ0) is 15.2. The molecule has 0 aliphatic rings. The van der Waals surface area contributed by atoms with Crippen molar-refractivity contribution in [1.82, 2.24) is 9.97 Å². The molecule has 2 N–H and O–H groups in total. The van der Waals surface area contributed by atoms with Crippen molar-refractivity contribution in [3.05, 3.63) is 57.6 Å². The Hall–Kier alpha value is -2.60. The Labute approximate surface area is 125 Å². The topological polar surface area (TPSA) is 84.1 Å². The lowest BCUT2D eigenvalue weighted by Crippen LogP contribution is -2.19. The van der Waals surface area contributed by atoms with Crippen LogP contribution in [0.4, 0.5) is 5.82 Å². The van der Waals surface area contributed by atoms with Gasteiger partial charge in [0.2, 0.25) is 0 Å². The minimum absolute atomic E-state index is 0.229. The monoisotopic (exact) mass is 305 g/mol. The highest BCUT2D eigenvalue weighted by atomic mass is 35.5. The lowest BCUT2D eigenvalue weighted by Gasteiger charge is -2.08. The molecule has 1 heterocycles. The lowest BCUT2D eigenvalue weighted by molar-refractivity contribution is 0.102. The van der Waals surface area contributed by atoms with E-state index in [0.29, 0.717) is 16.9 Å². The van der Waals surface area contributed by atoms with E-state index < -0.39 is 5.69 Å². The molecule has 1 aromatic heterocycles. The summed E-state index contributed by atoms with van der Waals surface area (Å²) in [6.07, 6.45) is 2.83. The molecule has 0 fully saturated rings. The third-order valence-corrected chi connectivity index (χ3v) is 2.80. The normalized spacial score (nSPS) is 10.6. The summed E-state index contributed by atoms with van der Waals surface area (Å²) in [6.45, 7) is 0. The molecule has 2 aromatic rings. The Morgan fingerprint density at radius 2 is 2.10 bits per heavy atom. The SMILES string of the molecule is COc1ccc(C(=O)Nc2[nH]c(=O)ncc2C=CCl)cc1. The summed E-state index contributed by atoms with van der Waals surface area (Å²) >= 11 is 5.51. The van der Waals surface area contributed by atoms with Crippen LogP contribution in [0.2, 0.25) is 0 Å². The van der Waals surface area contributed by atoms with Crippen LogP contribution in [0.25, 0.3) is 6.08 Å². The highest BCUT2D eigenvalue weighted by Crippen LogP contribution is 2.15. The molecule has 2 rings (SSSR count). The minimum Gasteiger partial charge on any atom is -0.497 e. The van der Waals surface area contributed by atoms with Crippen molar-refractivity contribution in [2.45, 2.75) is 0 Å². The Morgan fingerprint density at radius 1 is 1.38 bits per heavy atom. The Bertz CT molecular complexity index is 723. The Kier molecular flexibility index (Phi) is 4.73. The van der Waals surface area contributed by atoms with Crippen molar-refractivity contribution in [1.29, 1.82) is 0 Å². The second-order valence-corrected chi connectivity index (χ2v) is 4.25. The average molecular weight is 306 g/mol. The van der Waals surface area contributed by atoms with Crippen LogP contribution in [-0.4, -0.2) is 23.0 Å². The minimum atomic E-state index is -0.563. The van der Waals surface area contributed by atoms with Crippen molar-refractivity contribution in [3.8, 4) is 5.75 Å². The maximum absolute atomic E-state index is 12.1. The number of halogens is 1. The van der Waals surface area contributed by atoms with Gasteiger partial charge in [0.1, 0.15) is 11.6 Å². The molecule has 108 valence electrons. The number of anilines is 1. The van der Waals surface area contributed by atoms with E-state index >= 15 is 0 Å². The Morgan fingerprint density at radius 3 is 2.71 bits per heavy atom. The number of nitrogens with one attached hydrogen (secondary N) is 2. The average Bonchev–Trinajstić information content (AvgIpc) is 2.50. The maximum Gasteiger partial charge on any atom is 0.346 e. The summed E-state index contributed by atoms with van der Waals surface area (Å²) in [6, 6.07) is 6.57. The molecule has 0 bridgehead atoms. The summed E-state index contributed by atoms with van der Waals surface area (Å²) in [5.74, 6) is 0.506. The second kappa shape index (κ2) is 6.71. The molecule has 0 spiro atoms. The van der Waals surface area contributed by atoms with E-state index in [2.05, 4.69) is 15.3 Å². The number of nitrogens with zero attached hydrogens (tertiary/aromatic N) is 1. The first-order valence-corrected chi connectivity index (χ1v) is 6.39. The van der Waals surface area contributed by atoms with Crippen LogP contribution in [0, 0.1) is 0 Å². The van der Waals surface area contributed by atoms with E-state index in [0.717, 1.165) is 0 Å². The number of carbonyl (C=O) groups excluding carboxylic acids is 1. The van der Waals surface area contributed by atoms with Crippen molar-refractivity contribution >= 4 is 29.4 Å². The van der Waals surface area contributed by atoms with Crippen LogP contribution in [-0.2, 0) is 0 Å². The number of benzene rings is 1. The number of hydrogen-bond donors (Lipinski definition) is 2. The molecule has 7 heteroatoms. The summed E-state index contributed by atoms with van der Waals surface area (Å²) in [5, 5.41) is 2.60. The number of rotatable bonds is 4. The number of aromatic amines is 1. The molecule has 0 atom stereocenters. The molecule has 0 saturated heterocycles. The first-order chi connectivity index (χ1) is 10.1. The van der Waals surface area contributed by atoms with E-state index in [1.54, 1.807) is 31.4 Å². The predicted molar refractivity (Wildman–Crippen MR) is 80.7 cm³/mol. The van der Waals surface area contributed by atoms with Gasteiger partial charge < -0.3 is 10.1 Å². The van der Waals surface area contributed by atoms with Gasteiger partial charge in [-0.05, 0) is 30.3 Å². The van der Waals surface area contributed by atoms with Gasteiger partial charge in [-0.1, -0.05) is 11.6 Å². The number of ether oxygens (including phenoxy) is 1. The van der Waals surface area contributed by atoms with Gasteiger partial charge in [-0.15, -0.1) is 0 Å². The lowest BCUT2D eigenvalue weighted by atomic mass is 10.2. The molecular formula is C14H12ClN3O3. The van der Waals surface area contributed by atoms with Gasteiger partial charge in [0, 0.05) is 22.9 Å². The van der Waals surface area contributed by atoms with Crippen LogP contribution < -0.4 is 15.7 Å². The molecule has 6 nitrogen and oxygen atoms in total. The highest BCUT2D eigenvalue weighted by molar-refractivity contribution is 6.27. The Balaban J connectivity index is 2.26. The predicted octanol–water partition coefficient (Wildman–Crippen LogP) is 2.24. The van der Waals surface area contributed by atoms with Crippen molar-refractivity contribution in [2.24, 2.45) is 0 Å². The van der Waals surface area contributed by atoms with E-state index in [1.165, 1.54) is 17.8 Å². The third kappa shape index (κ3) is 3.70. The summed E-state index contributed by atoms with van der Waals surface area (Å²) in [7, 11) is 1.54. The molecule has 1 amide bonds. The van der Waals surface area contributed by atoms with Crippen LogP contribution in [0.3, 0.4) is 0 Å². The zero-order valence-corrected chi connectivity index (χ0v) is 11.8. The van der Waals surface area contributed by atoms with E-state index in [-0.39, 0.29) is 11.7 Å². The standard InChI is InChI=1S/C14H12ClN3O3/c1-21-11-4-2-9(3-5-11)13(19)17-12-10(6-7-15)8-16-14(20)18-12/h2-8H,1H3,(H2,16,17,18,19,20). The zero-order valence-electron chi connectivity index (χ0n) is 11.1. The smallest absolute Gasteiger partial charge is 0.346 e. The summed E-state index contributed by atoms with van der Waals surface area (Å²) in [5.41, 5.74) is 1.62. The molecule has 1 aromatic carbocycles. The quantitative estimate of drug-likeness (QED) is 0.907. The molecule has 0 aliphatic heterocycles.